The van der Waals surface area contributed by atoms with Gasteiger partial charge in [-0.3, -0.25) is 9.59 Å². The first-order valence-corrected chi connectivity index (χ1v) is 13.0. The van der Waals surface area contributed by atoms with Crippen LogP contribution in [-0.4, -0.2) is 57.5 Å². The third-order valence-electron chi connectivity index (χ3n) is 6.72. The van der Waals surface area contributed by atoms with Gasteiger partial charge in [-0.15, -0.1) is 11.8 Å². The number of likely N-dealkylation sites (N-methyl/N-ethyl adjacent to an activating group) is 1. The fraction of sp³-hybridized carbons (Fsp3) is 0.286. The first kappa shape index (κ1) is 24.8. The maximum absolute atomic E-state index is 14.0. The molecule has 2 atom stereocenters. The first-order chi connectivity index (χ1) is 17.9. The second kappa shape index (κ2) is 10.3. The minimum Gasteiger partial charge on any atom is -0.493 e. The molecule has 2 amide bonds. The summed E-state index contributed by atoms with van der Waals surface area (Å²) in [5, 5.41) is 3.04. The second-order valence-corrected chi connectivity index (χ2v) is 9.63. The van der Waals surface area contributed by atoms with Crippen LogP contribution in [0.5, 0.6) is 23.0 Å². The van der Waals surface area contributed by atoms with Gasteiger partial charge in [0, 0.05) is 29.3 Å². The number of nitrogens with zero attached hydrogens (tertiary/aromatic N) is 1. The number of ether oxygens (including phenoxy) is 4. The molecule has 3 aromatic carbocycles. The summed E-state index contributed by atoms with van der Waals surface area (Å²) in [6, 6.07) is 16.1. The van der Waals surface area contributed by atoms with Crippen molar-refractivity contribution in [3.05, 3.63) is 71.3 Å². The first-order valence-electron chi connectivity index (χ1n) is 11.8. The Balaban J connectivity index is 1.60. The number of rotatable bonds is 6. The van der Waals surface area contributed by atoms with E-state index in [1.165, 1.54) is 14.2 Å². The lowest BCUT2D eigenvalue weighted by atomic mass is 9.79. The number of benzene rings is 3. The Morgan fingerprint density at radius 3 is 2.32 bits per heavy atom. The summed E-state index contributed by atoms with van der Waals surface area (Å²) < 4.78 is 22.3. The fourth-order valence-corrected chi connectivity index (χ4v) is 5.30. The van der Waals surface area contributed by atoms with Gasteiger partial charge in [0.1, 0.15) is 13.2 Å². The number of hydrogen-bond donors (Lipinski definition) is 1. The third-order valence-corrected chi connectivity index (χ3v) is 7.47. The molecule has 0 aliphatic carbocycles. The second-order valence-electron chi connectivity index (χ2n) is 8.75. The van der Waals surface area contributed by atoms with Crippen LogP contribution in [-0.2, 0) is 4.79 Å². The zero-order valence-corrected chi connectivity index (χ0v) is 21.9. The molecule has 0 saturated heterocycles. The zero-order valence-electron chi connectivity index (χ0n) is 21.1. The van der Waals surface area contributed by atoms with E-state index < -0.39 is 12.0 Å². The van der Waals surface area contributed by atoms with E-state index in [4.69, 9.17) is 18.9 Å². The summed E-state index contributed by atoms with van der Waals surface area (Å²) in [5.74, 6) is 0.925. The highest BCUT2D eigenvalue weighted by atomic mass is 32.2. The molecule has 0 unspecified atom stereocenters. The number of thioether (sulfide) groups is 1. The molecule has 2 heterocycles. The highest BCUT2D eigenvalue weighted by Gasteiger charge is 2.43. The molecule has 2 aliphatic heterocycles. The minimum absolute atomic E-state index is 0.196. The largest absolute Gasteiger partial charge is 0.493 e. The van der Waals surface area contributed by atoms with Crippen molar-refractivity contribution in [2.24, 2.45) is 0 Å². The number of amides is 2. The molecule has 0 bridgehead atoms. The molecule has 0 saturated carbocycles. The molecule has 0 fully saturated rings. The molecular weight excluding hydrogens is 492 g/mol. The standard InChI is InChI=1S/C28H28N2O6S/c1-30-26(16-5-8-18(37-4)9-6-16)25(19-14-22(33-2)23(34-3)15-20(19)28(30)32)27(31)29-17-7-10-21-24(13-17)36-12-11-35-21/h5-10,13-15,25-26H,11-12H2,1-4H3,(H,29,31)/t25-,26+/m1/s1. The van der Waals surface area contributed by atoms with Crippen LogP contribution in [0.1, 0.15) is 33.4 Å². The van der Waals surface area contributed by atoms with E-state index in [2.05, 4.69) is 5.32 Å². The Bertz CT molecular complexity index is 1340. The third kappa shape index (κ3) is 4.55. The summed E-state index contributed by atoms with van der Waals surface area (Å²) in [4.78, 5) is 30.3. The van der Waals surface area contributed by atoms with E-state index in [1.807, 2.05) is 30.5 Å². The van der Waals surface area contributed by atoms with Crippen molar-refractivity contribution < 1.29 is 28.5 Å². The van der Waals surface area contributed by atoms with Gasteiger partial charge in [0.2, 0.25) is 5.91 Å². The monoisotopic (exact) mass is 520 g/mol. The van der Waals surface area contributed by atoms with Gasteiger partial charge in [-0.05, 0) is 53.8 Å². The molecule has 0 radical (unpaired) electrons. The van der Waals surface area contributed by atoms with Gasteiger partial charge in [-0.1, -0.05) is 12.1 Å². The van der Waals surface area contributed by atoms with Gasteiger partial charge < -0.3 is 29.2 Å². The average molecular weight is 521 g/mol. The SMILES string of the molecule is COc1cc2c(cc1OC)[C@@H](C(=O)Nc1ccc3c(c1)OCCO3)[C@H](c1ccc(SC)cc1)N(C)C2=O. The number of methoxy groups -OCH3 is 2. The van der Waals surface area contributed by atoms with Crippen LogP contribution in [0.4, 0.5) is 5.69 Å². The number of anilines is 1. The summed E-state index contributed by atoms with van der Waals surface area (Å²) >= 11 is 1.63. The Morgan fingerprint density at radius 1 is 0.973 bits per heavy atom. The summed E-state index contributed by atoms with van der Waals surface area (Å²) in [7, 11) is 4.77. The van der Waals surface area contributed by atoms with Gasteiger partial charge >= 0.3 is 0 Å². The van der Waals surface area contributed by atoms with Crippen molar-refractivity contribution in [3.63, 3.8) is 0 Å². The van der Waals surface area contributed by atoms with Crippen LogP contribution in [0.15, 0.2) is 59.5 Å². The predicted octanol–water partition coefficient (Wildman–Crippen LogP) is 4.75. The van der Waals surface area contributed by atoms with Crippen LogP contribution in [0.3, 0.4) is 0 Å². The van der Waals surface area contributed by atoms with E-state index in [9.17, 15) is 9.59 Å². The van der Waals surface area contributed by atoms with E-state index in [-0.39, 0.29) is 11.8 Å². The quantitative estimate of drug-likeness (QED) is 0.470. The molecule has 192 valence electrons. The highest BCUT2D eigenvalue weighted by Crippen LogP contribution is 2.46. The van der Waals surface area contributed by atoms with Crippen LogP contribution in [0.2, 0.25) is 0 Å². The molecule has 37 heavy (non-hydrogen) atoms. The molecule has 3 aromatic rings. The number of carbonyl (C=O) groups is 2. The number of carbonyl (C=O) groups excluding carboxylic acids is 2. The number of hydrogen-bond acceptors (Lipinski definition) is 7. The molecule has 0 spiro atoms. The highest BCUT2D eigenvalue weighted by molar-refractivity contribution is 7.98. The topological polar surface area (TPSA) is 86.3 Å². The Kier molecular flexibility index (Phi) is 6.88. The summed E-state index contributed by atoms with van der Waals surface area (Å²) in [6.45, 7) is 0.934. The Labute approximate surface area is 219 Å². The lowest BCUT2D eigenvalue weighted by molar-refractivity contribution is -0.119. The van der Waals surface area contributed by atoms with Crippen LogP contribution in [0.25, 0.3) is 0 Å². The summed E-state index contributed by atoms with van der Waals surface area (Å²) in [6.07, 6.45) is 2.00. The normalized spacial score (nSPS) is 18.2. The van der Waals surface area contributed by atoms with Crippen molar-refractivity contribution in [1.29, 1.82) is 0 Å². The van der Waals surface area contributed by atoms with E-state index in [0.29, 0.717) is 53.0 Å². The molecule has 5 rings (SSSR count). The Hall–Kier alpha value is -3.85. The average Bonchev–Trinajstić information content (AvgIpc) is 2.94. The summed E-state index contributed by atoms with van der Waals surface area (Å²) in [5.41, 5.74) is 2.41. The van der Waals surface area contributed by atoms with E-state index >= 15 is 0 Å². The van der Waals surface area contributed by atoms with E-state index in [0.717, 1.165) is 10.5 Å². The van der Waals surface area contributed by atoms with Gasteiger partial charge in [-0.25, -0.2) is 0 Å². The lowest BCUT2D eigenvalue weighted by Crippen LogP contribution is -2.44. The molecular formula is C28H28N2O6S. The van der Waals surface area contributed by atoms with Crippen molar-refractivity contribution in [2.45, 2.75) is 16.9 Å². The molecule has 0 aromatic heterocycles. The van der Waals surface area contributed by atoms with Crippen molar-refractivity contribution in [3.8, 4) is 23.0 Å². The molecule has 9 heteroatoms. The maximum atomic E-state index is 14.0. The van der Waals surface area contributed by atoms with Crippen molar-refractivity contribution in [1.82, 2.24) is 4.90 Å². The Morgan fingerprint density at radius 2 is 1.65 bits per heavy atom. The minimum atomic E-state index is -0.717. The predicted molar refractivity (Wildman–Crippen MR) is 141 cm³/mol. The van der Waals surface area contributed by atoms with Crippen molar-refractivity contribution >= 4 is 29.3 Å². The zero-order chi connectivity index (χ0) is 26.1. The fourth-order valence-electron chi connectivity index (χ4n) is 4.89. The van der Waals surface area contributed by atoms with Gasteiger partial charge in [0.05, 0.1) is 26.2 Å². The number of nitrogens with one attached hydrogen (secondary N) is 1. The van der Waals surface area contributed by atoms with Gasteiger partial charge in [-0.2, -0.15) is 0 Å². The molecule has 1 N–H and O–H groups in total. The van der Waals surface area contributed by atoms with Crippen LogP contribution in [0, 0.1) is 0 Å². The maximum Gasteiger partial charge on any atom is 0.254 e. The lowest BCUT2D eigenvalue weighted by Gasteiger charge is -2.40. The van der Waals surface area contributed by atoms with Gasteiger partial charge in [0.25, 0.3) is 5.91 Å². The van der Waals surface area contributed by atoms with Crippen LogP contribution >= 0.6 is 11.8 Å². The van der Waals surface area contributed by atoms with E-state index in [1.54, 1.807) is 54.0 Å². The van der Waals surface area contributed by atoms with Gasteiger partial charge in [0.15, 0.2) is 23.0 Å². The van der Waals surface area contributed by atoms with Crippen LogP contribution < -0.4 is 24.3 Å². The molecule has 8 nitrogen and oxygen atoms in total. The number of fused-ring (bicyclic) bond motifs is 2. The van der Waals surface area contributed by atoms with Crippen molar-refractivity contribution in [2.75, 3.05) is 46.1 Å². The molecule has 2 aliphatic rings. The smallest absolute Gasteiger partial charge is 0.254 e.